The van der Waals surface area contributed by atoms with Gasteiger partial charge in [-0.05, 0) is 32.6 Å². The van der Waals surface area contributed by atoms with Crippen molar-refractivity contribution in [2.45, 2.75) is 69.9 Å². The number of epoxide rings is 1. The number of ether oxygens (including phenoxy) is 2. The van der Waals surface area contributed by atoms with Gasteiger partial charge in [-0.1, -0.05) is 13.8 Å². The number of rotatable bonds is 0. The first-order valence-electron chi connectivity index (χ1n) is 7.44. The normalized spacial score (nSPS) is 62.8. The quantitative estimate of drug-likeness (QED) is 0.535. The van der Waals surface area contributed by atoms with Gasteiger partial charge < -0.3 is 14.6 Å². The third kappa shape index (κ3) is 1.09. The van der Waals surface area contributed by atoms with E-state index in [2.05, 4.69) is 6.92 Å². The van der Waals surface area contributed by atoms with E-state index in [1.165, 1.54) is 0 Å². The molecule has 0 radical (unpaired) electrons. The summed E-state index contributed by atoms with van der Waals surface area (Å²) >= 11 is 0. The highest BCUT2D eigenvalue weighted by Gasteiger charge is 2.85. The molecule has 2 aliphatic carbocycles. The van der Waals surface area contributed by atoms with Gasteiger partial charge in [-0.15, -0.1) is 0 Å². The van der Waals surface area contributed by atoms with Crippen molar-refractivity contribution in [3.05, 3.63) is 0 Å². The van der Waals surface area contributed by atoms with Crippen molar-refractivity contribution in [2.24, 2.45) is 17.3 Å². The molecule has 4 nitrogen and oxygen atoms in total. The van der Waals surface area contributed by atoms with Gasteiger partial charge in [0, 0.05) is 11.3 Å². The molecule has 2 saturated carbocycles. The fourth-order valence-corrected chi connectivity index (χ4v) is 5.29. The van der Waals surface area contributed by atoms with Crippen molar-refractivity contribution in [3.63, 3.8) is 0 Å². The van der Waals surface area contributed by atoms with Crippen LogP contribution in [0.4, 0.5) is 0 Å². The highest BCUT2D eigenvalue weighted by atomic mass is 16.7. The van der Waals surface area contributed by atoms with Gasteiger partial charge in [0.25, 0.3) is 0 Å². The number of carbonyl (C=O) groups excluding carboxylic acids is 1. The van der Waals surface area contributed by atoms with E-state index in [4.69, 9.17) is 9.47 Å². The Morgan fingerprint density at radius 2 is 1.95 bits per heavy atom. The second-order valence-corrected chi connectivity index (χ2v) is 7.41. The van der Waals surface area contributed by atoms with Crippen LogP contribution in [0.25, 0.3) is 0 Å². The van der Waals surface area contributed by atoms with Gasteiger partial charge in [0.15, 0.2) is 0 Å². The van der Waals surface area contributed by atoms with Gasteiger partial charge in [-0.25, -0.2) is 0 Å². The molecule has 0 unspecified atom stereocenters. The predicted octanol–water partition coefficient (Wildman–Crippen LogP) is 1.65. The molecule has 0 aromatic carbocycles. The largest absolute Gasteiger partial charge is 0.459 e. The first-order chi connectivity index (χ1) is 8.86. The molecule has 2 heterocycles. The van der Waals surface area contributed by atoms with Crippen LogP contribution in [0, 0.1) is 17.3 Å². The lowest BCUT2D eigenvalue weighted by molar-refractivity contribution is -0.152. The van der Waals surface area contributed by atoms with Crippen molar-refractivity contribution < 1.29 is 19.4 Å². The van der Waals surface area contributed by atoms with Crippen molar-refractivity contribution in [3.8, 4) is 0 Å². The molecular formula is C15H22O4. The number of hydrogen-bond donors (Lipinski definition) is 1. The summed E-state index contributed by atoms with van der Waals surface area (Å²) in [5.74, 6) is 0.135. The Labute approximate surface area is 113 Å². The van der Waals surface area contributed by atoms with E-state index in [1.807, 2.05) is 13.8 Å². The van der Waals surface area contributed by atoms with Crippen LogP contribution in [-0.2, 0) is 14.3 Å². The molecule has 2 saturated heterocycles. The van der Waals surface area contributed by atoms with Gasteiger partial charge >= 0.3 is 5.97 Å². The first kappa shape index (κ1) is 12.2. The Kier molecular flexibility index (Phi) is 2.03. The van der Waals surface area contributed by atoms with Crippen molar-refractivity contribution in [1.82, 2.24) is 0 Å². The molecule has 0 amide bonds. The summed E-state index contributed by atoms with van der Waals surface area (Å²) in [5.41, 5.74) is -0.929. The van der Waals surface area contributed by atoms with Crippen molar-refractivity contribution in [1.29, 1.82) is 0 Å². The van der Waals surface area contributed by atoms with Gasteiger partial charge in [0.1, 0.15) is 17.3 Å². The van der Waals surface area contributed by atoms with Crippen LogP contribution in [0.2, 0.25) is 0 Å². The lowest BCUT2D eigenvalue weighted by Gasteiger charge is -2.50. The lowest BCUT2D eigenvalue weighted by atomic mass is 9.52. The van der Waals surface area contributed by atoms with E-state index in [9.17, 15) is 9.90 Å². The van der Waals surface area contributed by atoms with E-state index >= 15 is 0 Å². The standard InChI is InChI=1S/C15H22O4/c1-8-9-4-6-13(2)7-5-10(16)14(3)15(13,19-14)11(9)18-12(8)17/h8-11,16H,4-7H2,1-3H3/t8-,9-,10-,11-,13-,14-,15+/m0/s1. The zero-order valence-corrected chi connectivity index (χ0v) is 11.8. The fourth-order valence-electron chi connectivity index (χ4n) is 5.29. The lowest BCUT2D eigenvalue weighted by Crippen LogP contribution is -2.60. The van der Waals surface area contributed by atoms with E-state index in [0.717, 1.165) is 25.7 Å². The predicted molar refractivity (Wildman–Crippen MR) is 67.3 cm³/mol. The summed E-state index contributed by atoms with van der Waals surface area (Å²) in [6.07, 6.45) is 3.25. The number of carbonyl (C=O) groups is 1. The molecule has 0 bridgehead atoms. The molecule has 1 spiro atoms. The van der Waals surface area contributed by atoms with Crippen LogP contribution in [0.3, 0.4) is 0 Å². The van der Waals surface area contributed by atoms with Crippen molar-refractivity contribution in [2.75, 3.05) is 0 Å². The average Bonchev–Trinajstić information content (AvgIpc) is 2.92. The van der Waals surface area contributed by atoms with E-state index < -0.39 is 17.3 Å². The molecule has 0 aromatic rings. The maximum atomic E-state index is 11.9. The third-order valence-electron chi connectivity index (χ3n) is 6.65. The van der Waals surface area contributed by atoms with Crippen LogP contribution in [0.1, 0.15) is 46.5 Å². The number of fused-ring (bicyclic) bond motifs is 1. The maximum Gasteiger partial charge on any atom is 0.309 e. The number of aliphatic hydroxyl groups excluding tert-OH is 1. The smallest absolute Gasteiger partial charge is 0.309 e. The minimum absolute atomic E-state index is 0.0311. The minimum atomic E-state index is -0.520. The highest BCUT2D eigenvalue weighted by Crippen LogP contribution is 2.73. The Balaban J connectivity index is 1.80. The zero-order valence-electron chi connectivity index (χ0n) is 11.8. The molecule has 2 aliphatic heterocycles. The SMILES string of the molecule is C[C@@H]1C(=O)O[C@H]2[C@H]1CC[C@@]1(C)CC[C@H](O)[C@]3(C)O[C@]213. The number of aliphatic hydroxyl groups is 1. The van der Waals surface area contributed by atoms with Gasteiger partial charge in [-0.2, -0.15) is 0 Å². The molecule has 1 N–H and O–H groups in total. The molecule has 4 aliphatic rings. The van der Waals surface area contributed by atoms with Gasteiger partial charge in [0.05, 0.1) is 12.0 Å². The first-order valence-corrected chi connectivity index (χ1v) is 7.44. The second kappa shape index (κ2) is 3.17. The van der Waals surface area contributed by atoms with E-state index in [-0.39, 0.29) is 29.3 Å². The topological polar surface area (TPSA) is 59.1 Å². The summed E-state index contributed by atoms with van der Waals surface area (Å²) in [5, 5.41) is 10.3. The maximum absolute atomic E-state index is 11.9. The highest BCUT2D eigenvalue weighted by molar-refractivity contribution is 5.75. The van der Waals surface area contributed by atoms with Crippen LogP contribution in [-0.4, -0.2) is 34.5 Å². The molecule has 7 atom stereocenters. The van der Waals surface area contributed by atoms with Crippen LogP contribution >= 0.6 is 0 Å². The molecular weight excluding hydrogens is 244 g/mol. The summed E-state index contributed by atoms with van der Waals surface area (Å²) in [6.45, 7) is 6.21. The monoisotopic (exact) mass is 266 g/mol. The number of hydrogen-bond acceptors (Lipinski definition) is 4. The van der Waals surface area contributed by atoms with Gasteiger partial charge in [-0.3, -0.25) is 4.79 Å². The Hall–Kier alpha value is -0.610. The Morgan fingerprint density at radius 1 is 1.26 bits per heavy atom. The van der Waals surface area contributed by atoms with Crippen molar-refractivity contribution >= 4 is 5.97 Å². The number of esters is 1. The Morgan fingerprint density at radius 3 is 2.68 bits per heavy atom. The van der Waals surface area contributed by atoms with Gasteiger partial charge in [0.2, 0.25) is 0 Å². The average molecular weight is 266 g/mol. The molecule has 0 aromatic heterocycles. The molecule has 19 heavy (non-hydrogen) atoms. The minimum Gasteiger partial charge on any atom is -0.459 e. The fraction of sp³-hybridized carbons (Fsp3) is 0.933. The van der Waals surface area contributed by atoms with Crippen LogP contribution < -0.4 is 0 Å². The summed E-state index contributed by atoms with van der Waals surface area (Å²) in [7, 11) is 0. The van der Waals surface area contributed by atoms with Crippen LogP contribution in [0.5, 0.6) is 0 Å². The van der Waals surface area contributed by atoms with E-state index in [1.54, 1.807) is 0 Å². The summed E-state index contributed by atoms with van der Waals surface area (Å²) < 4.78 is 11.9. The molecule has 106 valence electrons. The molecule has 4 fully saturated rings. The molecule has 4 heteroatoms. The summed E-state index contributed by atoms with van der Waals surface area (Å²) in [4.78, 5) is 11.9. The third-order valence-corrected chi connectivity index (χ3v) is 6.65. The Bertz CT molecular complexity index is 463. The second-order valence-electron chi connectivity index (χ2n) is 7.41. The summed E-state index contributed by atoms with van der Waals surface area (Å²) in [6, 6.07) is 0. The molecule has 4 rings (SSSR count). The van der Waals surface area contributed by atoms with E-state index in [0.29, 0.717) is 0 Å². The zero-order chi connectivity index (χ0) is 13.6. The van der Waals surface area contributed by atoms with Crippen LogP contribution in [0.15, 0.2) is 0 Å².